The minimum Gasteiger partial charge on any atom is -0.355 e. The molecule has 9 heterocycles. The Kier molecular flexibility index (Phi) is 7.51. The van der Waals surface area contributed by atoms with Crippen molar-refractivity contribution in [3.05, 3.63) is 151 Å². The maximum Gasteiger partial charge on any atom is 0.192 e. The molecular weight excluding hydrogens is 641 g/mol. The lowest BCUT2D eigenvalue weighted by atomic mass is 9.94. The van der Waals surface area contributed by atoms with Gasteiger partial charge in [0.25, 0.3) is 0 Å². The monoisotopic (exact) mass is 678 g/mol. The van der Waals surface area contributed by atoms with Crippen LogP contribution in [0.4, 0.5) is 0 Å². The highest BCUT2D eigenvalue weighted by molar-refractivity contribution is 6.10. The summed E-state index contributed by atoms with van der Waals surface area (Å²) < 4.78 is 10.9. The molecule has 7 aromatic heterocycles. The van der Waals surface area contributed by atoms with E-state index in [0.717, 1.165) is 83.9 Å². The van der Waals surface area contributed by atoms with Gasteiger partial charge in [-0.3, -0.25) is 0 Å². The Morgan fingerprint density at radius 2 is 1.00 bits per heavy atom. The summed E-state index contributed by atoms with van der Waals surface area (Å²) in [5.74, 6) is 0. The fraction of sp³-hybridized carbons (Fsp3) is 0.0909. The molecular formula is C44H38N8+4. The molecule has 1 N–H and O–H groups in total. The average molecular weight is 679 g/mol. The summed E-state index contributed by atoms with van der Waals surface area (Å²) in [5, 5.41) is 0. The summed E-state index contributed by atoms with van der Waals surface area (Å²) in [7, 11) is 8.29. The molecule has 8 heteroatoms. The molecule has 0 spiro atoms. The van der Waals surface area contributed by atoms with E-state index in [1.807, 2.05) is 0 Å². The smallest absolute Gasteiger partial charge is 0.192 e. The molecule has 0 aromatic carbocycles. The maximum absolute atomic E-state index is 5.34. The molecule has 0 saturated heterocycles. The molecule has 7 aromatic rings. The van der Waals surface area contributed by atoms with Gasteiger partial charge in [0.1, 0.15) is 33.9 Å². The molecule has 8 bridgehead atoms. The predicted molar refractivity (Wildman–Crippen MR) is 205 cm³/mol. The number of pyridine rings is 4. The third kappa shape index (κ3) is 5.70. The van der Waals surface area contributed by atoms with Crippen molar-refractivity contribution in [2.24, 2.45) is 28.2 Å². The number of nitrogens with zero attached hydrogens (tertiary/aromatic N) is 7. The molecule has 9 rings (SSSR count). The molecule has 2 aliphatic heterocycles. The fourth-order valence-electron chi connectivity index (χ4n) is 7.33. The summed E-state index contributed by atoms with van der Waals surface area (Å²) in [6.45, 7) is 0. The summed E-state index contributed by atoms with van der Waals surface area (Å²) in [6, 6.07) is 27.8. The van der Waals surface area contributed by atoms with Gasteiger partial charge in [0.15, 0.2) is 49.6 Å². The minimum atomic E-state index is 0.871. The molecule has 0 unspecified atom stereocenters. The maximum atomic E-state index is 5.34. The van der Waals surface area contributed by atoms with Gasteiger partial charge in [-0.2, -0.15) is 0 Å². The molecule has 2 aliphatic rings. The second-order valence-electron chi connectivity index (χ2n) is 13.5. The van der Waals surface area contributed by atoms with Crippen LogP contribution >= 0.6 is 0 Å². The largest absolute Gasteiger partial charge is 0.355 e. The summed E-state index contributed by atoms with van der Waals surface area (Å²) in [5.41, 5.74) is 15.0. The third-order valence-corrected chi connectivity index (χ3v) is 9.53. The van der Waals surface area contributed by atoms with E-state index in [-0.39, 0.29) is 0 Å². The van der Waals surface area contributed by atoms with E-state index in [0.29, 0.717) is 0 Å². The Bertz CT molecular complexity index is 2800. The number of fused-ring (bicyclic) bond motifs is 8. The van der Waals surface area contributed by atoms with Crippen LogP contribution in [-0.2, 0) is 28.2 Å². The summed E-state index contributed by atoms with van der Waals surface area (Å²) in [6.07, 6.45) is 25.5. The van der Waals surface area contributed by atoms with Gasteiger partial charge in [-0.25, -0.2) is 28.2 Å². The van der Waals surface area contributed by atoms with E-state index in [1.165, 1.54) is 0 Å². The second-order valence-corrected chi connectivity index (χ2v) is 13.5. The van der Waals surface area contributed by atoms with Crippen molar-refractivity contribution >= 4 is 46.4 Å². The van der Waals surface area contributed by atoms with Gasteiger partial charge >= 0.3 is 0 Å². The average Bonchev–Trinajstić information content (AvgIpc) is 3.93. The topological polar surface area (TPSA) is 62.0 Å². The van der Waals surface area contributed by atoms with Crippen molar-refractivity contribution in [1.82, 2.24) is 19.5 Å². The standard InChI is InChI=1S/C44H38N8/c1-48-19-5-9-30(26-48)41-39-18-17-36(47-39)24-35-14-13-33(45-35)23-34-15-16-37(46-34)25-40-42(31-10-6-20-49(2)27-31)43(32-11-7-21-50(3)28-32)44(41)52(40)38-12-8-22-51(4)29-38/h5-29,45H,1-4H3/q+4. The van der Waals surface area contributed by atoms with Crippen LogP contribution < -0.4 is 18.3 Å². The van der Waals surface area contributed by atoms with Crippen molar-refractivity contribution in [2.45, 2.75) is 0 Å². The Hall–Kier alpha value is -6.80. The first-order chi connectivity index (χ1) is 25.4. The first kappa shape index (κ1) is 31.2. The van der Waals surface area contributed by atoms with Crippen LogP contribution in [0.25, 0.3) is 85.4 Å². The zero-order chi connectivity index (χ0) is 35.3. The van der Waals surface area contributed by atoms with E-state index in [4.69, 9.17) is 9.97 Å². The van der Waals surface area contributed by atoms with Gasteiger partial charge in [-0.1, -0.05) is 0 Å². The number of rotatable bonds is 4. The number of aryl methyl sites for hydroxylation is 4. The van der Waals surface area contributed by atoms with Gasteiger partial charge < -0.3 is 9.55 Å². The minimum absolute atomic E-state index is 0.871. The number of aromatic amines is 1. The van der Waals surface area contributed by atoms with Crippen LogP contribution in [-0.4, -0.2) is 19.5 Å². The first-order valence-corrected chi connectivity index (χ1v) is 17.4. The van der Waals surface area contributed by atoms with Crippen molar-refractivity contribution < 1.29 is 18.3 Å². The highest BCUT2D eigenvalue weighted by atomic mass is 15.0. The zero-order valence-corrected chi connectivity index (χ0v) is 29.6. The molecule has 0 amide bonds. The number of hydrogen-bond acceptors (Lipinski definition) is 2. The number of aromatic nitrogens is 8. The quantitative estimate of drug-likeness (QED) is 0.219. The van der Waals surface area contributed by atoms with Gasteiger partial charge in [-0.15, -0.1) is 0 Å². The van der Waals surface area contributed by atoms with Gasteiger partial charge in [0.2, 0.25) is 0 Å². The molecule has 250 valence electrons. The van der Waals surface area contributed by atoms with Crippen LogP contribution in [0.3, 0.4) is 0 Å². The van der Waals surface area contributed by atoms with E-state index < -0.39 is 0 Å². The van der Waals surface area contributed by atoms with E-state index >= 15 is 0 Å². The predicted octanol–water partition coefficient (Wildman–Crippen LogP) is 6.42. The Labute approximate surface area is 301 Å². The van der Waals surface area contributed by atoms with Crippen LogP contribution in [0.2, 0.25) is 0 Å². The first-order valence-electron chi connectivity index (χ1n) is 17.4. The number of nitrogens with one attached hydrogen (secondary N) is 1. The molecule has 52 heavy (non-hydrogen) atoms. The van der Waals surface area contributed by atoms with E-state index in [9.17, 15) is 0 Å². The van der Waals surface area contributed by atoms with Crippen LogP contribution in [0, 0.1) is 0 Å². The Morgan fingerprint density at radius 1 is 0.500 bits per heavy atom. The van der Waals surface area contributed by atoms with Crippen molar-refractivity contribution in [2.75, 3.05) is 0 Å². The van der Waals surface area contributed by atoms with Crippen molar-refractivity contribution in [1.29, 1.82) is 0 Å². The lowest BCUT2D eigenvalue weighted by Gasteiger charge is -2.11. The van der Waals surface area contributed by atoms with Crippen LogP contribution in [0.15, 0.2) is 128 Å². The highest BCUT2D eigenvalue weighted by Crippen LogP contribution is 2.46. The fourth-order valence-corrected chi connectivity index (χ4v) is 7.33. The lowest BCUT2D eigenvalue weighted by Crippen LogP contribution is -2.27. The normalized spacial score (nSPS) is 12.1. The van der Waals surface area contributed by atoms with Crippen molar-refractivity contribution in [3.63, 3.8) is 0 Å². The number of hydrogen-bond donors (Lipinski definition) is 1. The zero-order valence-electron chi connectivity index (χ0n) is 29.6. The van der Waals surface area contributed by atoms with Gasteiger partial charge in [0.05, 0.1) is 33.8 Å². The van der Waals surface area contributed by atoms with E-state index in [1.54, 1.807) is 0 Å². The highest BCUT2D eigenvalue weighted by Gasteiger charge is 2.28. The van der Waals surface area contributed by atoms with E-state index in [2.05, 4.69) is 209 Å². The van der Waals surface area contributed by atoms with Crippen LogP contribution in [0.1, 0.15) is 22.8 Å². The summed E-state index contributed by atoms with van der Waals surface area (Å²) in [4.78, 5) is 14.0. The van der Waals surface area contributed by atoms with Gasteiger partial charge in [0, 0.05) is 68.7 Å². The van der Waals surface area contributed by atoms with Crippen LogP contribution in [0.5, 0.6) is 0 Å². The SMILES string of the molecule is C[n+]1cccc(-c2c(-c3ccc[n+](C)c3)c3c(-c4ccc[n+](C)c4)c4nc(cc5ccc(cc6nc(cc2n3-c2ccc[n+](C)c2)C=C6)[nH]5)C=C4)c1. The Balaban J connectivity index is 1.63. The Morgan fingerprint density at radius 3 is 1.60 bits per heavy atom. The molecule has 0 aliphatic carbocycles. The molecule has 0 saturated carbocycles. The molecule has 0 radical (unpaired) electrons. The molecule has 0 atom stereocenters. The number of H-pyrrole nitrogens is 1. The van der Waals surface area contributed by atoms with Gasteiger partial charge in [-0.05, 0) is 78.9 Å². The second kappa shape index (κ2) is 12.5. The van der Waals surface area contributed by atoms with Crippen molar-refractivity contribution in [3.8, 4) is 39.1 Å². The molecule has 0 fully saturated rings. The third-order valence-electron chi connectivity index (χ3n) is 9.53. The summed E-state index contributed by atoms with van der Waals surface area (Å²) >= 11 is 0. The molecule has 8 nitrogen and oxygen atoms in total. The lowest BCUT2D eigenvalue weighted by molar-refractivity contribution is -0.671.